The van der Waals surface area contributed by atoms with Crippen LogP contribution in [0.1, 0.15) is 18.4 Å². The number of amides is 1. The first-order valence-corrected chi connectivity index (χ1v) is 8.01. The first-order valence-electron chi connectivity index (χ1n) is 8.01. The minimum absolute atomic E-state index is 0. The number of piperidine rings is 1. The van der Waals surface area contributed by atoms with Crippen molar-refractivity contribution in [1.29, 1.82) is 0 Å². The van der Waals surface area contributed by atoms with Crippen molar-refractivity contribution in [3.05, 3.63) is 29.8 Å². The number of ether oxygens (including phenoxy) is 2. The van der Waals surface area contributed by atoms with Crippen molar-refractivity contribution < 1.29 is 14.3 Å². The number of hydrogen-bond donors (Lipinski definition) is 1. The van der Waals surface area contributed by atoms with Gasteiger partial charge in [0.05, 0.1) is 14.2 Å². The minimum Gasteiger partial charge on any atom is -0.497 e. The maximum absolute atomic E-state index is 12.4. The van der Waals surface area contributed by atoms with Crippen molar-refractivity contribution in [1.82, 2.24) is 10.2 Å². The van der Waals surface area contributed by atoms with Gasteiger partial charge in [0.1, 0.15) is 11.5 Å². The number of carbonyl (C=O) groups is 1. The normalized spacial score (nSPS) is 17.5. The summed E-state index contributed by atoms with van der Waals surface area (Å²) in [5.74, 6) is 2.03. The van der Waals surface area contributed by atoms with Crippen molar-refractivity contribution >= 4 is 24.4 Å². The van der Waals surface area contributed by atoms with Crippen LogP contribution in [0.2, 0.25) is 0 Å². The van der Waals surface area contributed by atoms with Gasteiger partial charge in [-0.05, 0) is 56.1 Å². The molecular weight excluding hydrogens is 328 g/mol. The average molecular weight is 355 g/mol. The van der Waals surface area contributed by atoms with E-state index in [2.05, 4.69) is 5.32 Å². The van der Waals surface area contributed by atoms with Gasteiger partial charge >= 0.3 is 0 Å². The van der Waals surface area contributed by atoms with Crippen LogP contribution in [-0.2, 0) is 4.79 Å². The molecule has 0 spiro atoms. The van der Waals surface area contributed by atoms with E-state index in [-0.39, 0.29) is 18.3 Å². The summed E-state index contributed by atoms with van der Waals surface area (Å²) in [5, 5.41) is 3.20. The summed E-state index contributed by atoms with van der Waals surface area (Å²) >= 11 is 0. The molecule has 0 aromatic heterocycles. The van der Waals surface area contributed by atoms with Gasteiger partial charge in [0.15, 0.2) is 0 Å². The molecule has 1 fully saturated rings. The van der Waals surface area contributed by atoms with Crippen LogP contribution in [0.5, 0.6) is 11.5 Å². The van der Waals surface area contributed by atoms with E-state index in [1.165, 1.54) is 6.42 Å². The molecule has 0 saturated carbocycles. The topological polar surface area (TPSA) is 50.8 Å². The van der Waals surface area contributed by atoms with Gasteiger partial charge < -0.3 is 19.7 Å². The van der Waals surface area contributed by atoms with Gasteiger partial charge in [-0.2, -0.15) is 0 Å². The molecule has 1 aromatic carbocycles. The van der Waals surface area contributed by atoms with E-state index in [1.807, 2.05) is 36.2 Å². The van der Waals surface area contributed by atoms with Crippen molar-refractivity contribution in [3.8, 4) is 11.5 Å². The highest BCUT2D eigenvalue weighted by atomic mass is 35.5. The highest BCUT2D eigenvalue weighted by molar-refractivity contribution is 5.92. The standard InChI is InChI=1S/C18H26N2O3.ClH/c1-19-12-15-5-4-8-20(13-15)18(21)7-6-14-9-16(22-2)11-17(10-14)23-3;/h6-7,9-11,15,19H,4-5,8,12-13H2,1-3H3;1H/b7-6+;. The third kappa shape index (κ3) is 5.73. The minimum atomic E-state index is 0. The SMILES string of the molecule is CNCC1CCCN(C(=O)/C=C/c2cc(OC)cc(OC)c2)C1.Cl. The van der Waals surface area contributed by atoms with Crippen LogP contribution in [-0.4, -0.2) is 51.7 Å². The molecule has 1 heterocycles. The number of rotatable bonds is 6. The zero-order valence-electron chi connectivity index (χ0n) is 14.6. The van der Waals surface area contributed by atoms with Gasteiger partial charge in [-0.15, -0.1) is 12.4 Å². The fraction of sp³-hybridized carbons (Fsp3) is 0.500. The van der Waals surface area contributed by atoms with Crippen molar-refractivity contribution in [3.63, 3.8) is 0 Å². The highest BCUT2D eigenvalue weighted by Gasteiger charge is 2.21. The molecule has 24 heavy (non-hydrogen) atoms. The van der Waals surface area contributed by atoms with Gasteiger partial charge in [-0.25, -0.2) is 0 Å². The monoisotopic (exact) mass is 354 g/mol. The third-order valence-electron chi connectivity index (χ3n) is 4.12. The van der Waals surface area contributed by atoms with E-state index in [0.717, 1.165) is 31.6 Å². The van der Waals surface area contributed by atoms with Crippen molar-refractivity contribution in [2.24, 2.45) is 5.92 Å². The molecule has 1 aliphatic heterocycles. The lowest BCUT2D eigenvalue weighted by Crippen LogP contribution is -2.41. The van der Waals surface area contributed by atoms with Gasteiger partial charge in [0, 0.05) is 25.2 Å². The van der Waals surface area contributed by atoms with Crippen LogP contribution in [0.3, 0.4) is 0 Å². The molecule has 1 amide bonds. The Morgan fingerprint density at radius 3 is 2.54 bits per heavy atom. The first kappa shape index (κ1) is 20.3. The molecule has 1 aromatic rings. The van der Waals surface area contributed by atoms with Crippen molar-refractivity contribution in [2.75, 3.05) is 40.9 Å². The molecule has 0 aliphatic carbocycles. The molecular formula is C18H27ClN2O3. The lowest BCUT2D eigenvalue weighted by molar-refractivity contribution is -0.127. The number of likely N-dealkylation sites (tertiary alicyclic amines) is 1. The van der Waals surface area contributed by atoms with Gasteiger partial charge in [0.2, 0.25) is 5.91 Å². The zero-order valence-corrected chi connectivity index (χ0v) is 15.4. The third-order valence-corrected chi connectivity index (χ3v) is 4.12. The van der Waals surface area contributed by atoms with Crippen LogP contribution in [0.25, 0.3) is 6.08 Å². The Bertz CT molecular complexity index is 539. The summed E-state index contributed by atoms with van der Waals surface area (Å²) in [7, 11) is 5.18. The Kier molecular flexibility index (Phi) is 8.65. The lowest BCUT2D eigenvalue weighted by atomic mass is 9.98. The van der Waals surface area contributed by atoms with Crippen LogP contribution in [0, 0.1) is 5.92 Å². The molecule has 1 aliphatic rings. The summed E-state index contributed by atoms with van der Waals surface area (Å²) in [6.07, 6.45) is 5.70. The molecule has 2 rings (SSSR count). The van der Waals surface area contributed by atoms with Crippen LogP contribution in [0.4, 0.5) is 0 Å². The molecule has 134 valence electrons. The molecule has 1 saturated heterocycles. The van der Waals surface area contributed by atoms with E-state index in [4.69, 9.17) is 9.47 Å². The van der Waals surface area contributed by atoms with E-state index < -0.39 is 0 Å². The second kappa shape index (κ2) is 10.2. The maximum atomic E-state index is 12.4. The summed E-state index contributed by atoms with van der Waals surface area (Å²) < 4.78 is 10.5. The first-order chi connectivity index (χ1) is 11.2. The average Bonchev–Trinajstić information content (AvgIpc) is 2.59. The van der Waals surface area contributed by atoms with Crippen molar-refractivity contribution in [2.45, 2.75) is 12.8 Å². The van der Waals surface area contributed by atoms with Crippen LogP contribution < -0.4 is 14.8 Å². The Morgan fingerprint density at radius 2 is 1.96 bits per heavy atom. The molecule has 1 unspecified atom stereocenters. The molecule has 1 N–H and O–H groups in total. The summed E-state index contributed by atoms with van der Waals surface area (Å²) in [5.41, 5.74) is 0.887. The summed E-state index contributed by atoms with van der Waals surface area (Å²) in [6.45, 7) is 2.62. The van der Waals surface area contributed by atoms with Gasteiger partial charge in [-0.1, -0.05) is 0 Å². The highest BCUT2D eigenvalue weighted by Crippen LogP contribution is 2.23. The fourth-order valence-corrected chi connectivity index (χ4v) is 2.92. The predicted molar refractivity (Wildman–Crippen MR) is 99.1 cm³/mol. The zero-order chi connectivity index (χ0) is 16.7. The Hall–Kier alpha value is -1.72. The van der Waals surface area contributed by atoms with E-state index in [0.29, 0.717) is 17.4 Å². The molecule has 5 nitrogen and oxygen atoms in total. The smallest absolute Gasteiger partial charge is 0.246 e. The second-order valence-corrected chi connectivity index (χ2v) is 5.83. The number of nitrogens with zero attached hydrogens (tertiary/aromatic N) is 1. The number of methoxy groups -OCH3 is 2. The number of halogens is 1. The van der Waals surface area contributed by atoms with Crippen LogP contribution >= 0.6 is 12.4 Å². The summed E-state index contributed by atoms with van der Waals surface area (Å²) in [6, 6.07) is 5.57. The Labute approximate surface area is 150 Å². The van der Waals surface area contributed by atoms with Gasteiger partial charge in [0.25, 0.3) is 0 Å². The number of nitrogens with one attached hydrogen (secondary N) is 1. The van der Waals surface area contributed by atoms with E-state index in [1.54, 1.807) is 20.3 Å². The molecule has 1 atom stereocenters. The number of hydrogen-bond acceptors (Lipinski definition) is 4. The largest absolute Gasteiger partial charge is 0.497 e. The van der Waals surface area contributed by atoms with Gasteiger partial charge in [-0.3, -0.25) is 4.79 Å². The van der Waals surface area contributed by atoms with E-state index >= 15 is 0 Å². The quantitative estimate of drug-likeness (QED) is 0.798. The Balaban J connectivity index is 0.00000288. The molecule has 0 bridgehead atoms. The second-order valence-electron chi connectivity index (χ2n) is 5.83. The van der Waals surface area contributed by atoms with Crippen LogP contribution in [0.15, 0.2) is 24.3 Å². The summed E-state index contributed by atoms with van der Waals surface area (Å²) in [4.78, 5) is 14.3. The number of carbonyl (C=O) groups excluding carboxylic acids is 1. The Morgan fingerprint density at radius 1 is 1.29 bits per heavy atom. The lowest BCUT2D eigenvalue weighted by Gasteiger charge is -2.32. The molecule has 0 radical (unpaired) electrons. The molecule has 6 heteroatoms. The maximum Gasteiger partial charge on any atom is 0.246 e. The fourth-order valence-electron chi connectivity index (χ4n) is 2.92. The predicted octanol–water partition coefficient (Wildman–Crippen LogP) is 2.60. The van der Waals surface area contributed by atoms with E-state index in [9.17, 15) is 4.79 Å². The number of benzene rings is 1.